The molecule has 0 aliphatic carbocycles. The summed E-state index contributed by atoms with van der Waals surface area (Å²) in [7, 11) is 0. The number of thiazole rings is 1. The van der Waals surface area contributed by atoms with Gasteiger partial charge in [-0.25, -0.2) is 4.98 Å². The minimum absolute atomic E-state index is 0.0657. The van der Waals surface area contributed by atoms with E-state index < -0.39 is 11.7 Å². The molecule has 3 rings (SSSR count). The molecule has 1 N–H and O–H groups in total. The van der Waals surface area contributed by atoms with Gasteiger partial charge in [-0.05, 0) is 30.7 Å². The fourth-order valence-corrected chi connectivity index (χ4v) is 3.33. The van der Waals surface area contributed by atoms with Crippen molar-refractivity contribution in [3.63, 3.8) is 0 Å². The molecule has 0 atom stereocenters. The van der Waals surface area contributed by atoms with Crippen molar-refractivity contribution in [1.29, 1.82) is 5.26 Å². The smallest absolute Gasteiger partial charge is 0.416 e. The summed E-state index contributed by atoms with van der Waals surface area (Å²) in [6.45, 7) is 1.79. The van der Waals surface area contributed by atoms with Crippen LogP contribution in [-0.2, 0) is 6.18 Å². The SMILES string of the molecule is Cc1ccccc1C(O)=C(C#N)c1nc2cc(C(F)(F)F)ccc2s1. The van der Waals surface area contributed by atoms with E-state index in [-0.39, 0.29) is 21.9 Å². The van der Waals surface area contributed by atoms with Crippen molar-refractivity contribution in [2.24, 2.45) is 0 Å². The fraction of sp³-hybridized carbons (Fsp3) is 0.111. The number of nitrogens with zero attached hydrogens (tertiary/aromatic N) is 2. The van der Waals surface area contributed by atoms with Crippen LogP contribution in [-0.4, -0.2) is 10.1 Å². The lowest BCUT2D eigenvalue weighted by Crippen LogP contribution is -2.03. The van der Waals surface area contributed by atoms with E-state index in [4.69, 9.17) is 0 Å². The van der Waals surface area contributed by atoms with Crippen LogP contribution in [0.3, 0.4) is 0 Å². The van der Waals surface area contributed by atoms with Crippen LogP contribution in [0.1, 0.15) is 21.7 Å². The average Bonchev–Trinajstić information content (AvgIpc) is 2.97. The van der Waals surface area contributed by atoms with Crippen LogP contribution >= 0.6 is 11.3 Å². The Hall–Kier alpha value is -2.85. The summed E-state index contributed by atoms with van der Waals surface area (Å²) < 4.78 is 39.0. The largest absolute Gasteiger partial charge is 0.506 e. The van der Waals surface area contributed by atoms with E-state index in [2.05, 4.69) is 4.98 Å². The van der Waals surface area contributed by atoms with Crippen LogP contribution < -0.4 is 0 Å². The van der Waals surface area contributed by atoms with Crippen molar-refractivity contribution in [3.05, 3.63) is 64.2 Å². The first-order valence-corrected chi connectivity index (χ1v) is 8.00. The third-order valence-corrected chi connectivity index (χ3v) is 4.73. The molecule has 3 nitrogen and oxygen atoms in total. The van der Waals surface area contributed by atoms with Crippen LogP contribution in [0.5, 0.6) is 0 Å². The van der Waals surface area contributed by atoms with Crippen molar-refractivity contribution in [3.8, 4) is 6.07 Å². The minimum atomic E-state index is -4.46. The summed E-state index contributed by atoms with van der Waals surface area (Å²) in [4.78, 5) is 4.11. The second-order valence-electron chi connectivity index (χ2n) is 5.35. The highest BCUT2D eigenvalue weighted by molar-refractivity contribution is 7.19. The van der Waals surface area contributed by atoms with Crippen LogP contribution in [0.2, 0.25) is 0 Å². The van der Waals surface area contributed by atoms with Gasteiger partial charge in [0.05, 0.1) is 15.8 Å². The predicted octanol–water partition coefficient (Wildman–Crippen LogP) is 5.57. The number of allylic oxidation sites excluding steroid dienone is 1. The Labute approximate surface area is 145 Å². The maximum Gasteiger partial charge on any atom is 0.416 e. The molecule has 0 amide bonds. The zero-order chi connectivity index (χ0) is 18.2. The van der Waals surface area contributed by atoms with E-state index in [0.29, 0.717) is 10.3 Å². The van der Waals surface area contributed by atoms with Gasteiger partial charge in [0, 0.05) is 5.56 Å². The van der Waals surface area contributed by atoms with Crippen molar-refractivity contribution in [2.75, 3.05) is 0 Å². The van der Waals surface area contributed by atoms with E-state index in [1.54, 1.807) is 31.2 Å². The molecule has 0 unspecified atom stereocenters. The standard InChI is InChI=1S/C18H11F3N2OS/c1-10-4-2-3-5-12(10)16(24)13(9-22)17-23-14-8-11(18(19,20)21)6-7-15(14)25-17/h2-8,24H,1H3. The number of aryl methyl sites for hydroxylation is 1. The molecule has 0 bridgehead atoms. The molecule has 0 spiro atoms. The van der Waals surface area contributed by atoms with Gasteiger partial charge >= 0.3 is 6.18 Å². The molecule has 0 radical (unpaired) electrons. The molecular formula is C18H11F3N2OS. The van der Waals surface area contributed by atoms with E-state index in [9.17, 15) is 23.5 Å². The number of aliphatic hydroxyl groups is 1. The monoisotopic (exact) mass is 360 g/mol. The minimum Gasteiger partial charge on any atom is -0.506 e. The number of fused-ring (bicyclic) bond motifs is 1. The Morgan fingerprint density at radius 1 is 1.20 bits per heavy atom. The lowest BCUT2D eigenvalue weighted by Gasteiger charge is -2.05. The Kier molecular flexibility index (Phi) is 4.23. The van der Waals surface area contributed by atoms with Crippen LogP contribution in [0.15, 0.2) is 42.5 Å². The van der Waals surface area contributed by atoms with Crippen molar-refractivity contribution in [1.82, 2.24) is 4.98 Å². The van der Waals surface area contributed by atoms with Gasteiger partial charge in [0.15, 0.2) is 0 Å². The zero-order valence-corrected chi connectivity index (χ0v) is 13.7. The molecule has 0 saturated heterocycles. The second-order valence-corrected chi connectivity index (χ2v) is 6.38. The summed E-state index contributed by atoms with van der Waals surface area (Å²) in [5.41, 5.74) is 0.522. The highest BCUT2D eigenvalue weighted by atomic mass is 32.1. The lowest BCUT2D eigenvalue weighted by molar-refractivity contribution is -0.137. The van der Waals surface area contributed by atoms with Gasteiger partial charge < -0.3 is 5.11 Å². The number of aliphatic hydroxyl groups excluding tert-OH is 1. The number of aromatic nitrogens is 1. The summed E-state index contributed by atoms with van der Waals surface area (Å²) in [5.74, 6) is -0.240. The van der Waals surface area contributed by atoms with Gasteiger partial charge in [-0.2, -0.15) is 18.4 Å². The van der Waals surface area contributed by atoms with Gasteiger partial charge in [0.1, 0.15) is 22.4 Å². The Morgan fingerprint density at radius 3 is 2.56 bits per heavy atom. The highest BCUT2D eigenvalue weighted by Crippen LogP contribution is 2.35. The maximum absolute atomic E-state index is 12.8. The molecule has 126 valence electrons. The molecule has 0 fully saturated rings. The highest BCUT2D eigenvalue weighted by Gasteiger charge is 2.31. The van der Waals surface area contributed by atoms with Crippen molar-refractivity contribution in [2.45, 2.75) is 13.1 Å². The molecule has 7 heteroatoms. The topological polar surface area (TPSA) is 56.9 Å². The number of nitriles is 1. The lowest BCUT2D eigenvalue weighted by atomic mass is 10.0. The molecule has 0 aliphatic rings. The molecule has 1 aromatic heterocycles. The molecule has 3 aromatic rings. The number of rotatable bonds is 2. The van der Waals surface area contributed by atoms with E-state index in [1.807, 2.05) is 6.07 Å². The van der Waals surface area contributed by atoms with Crippen molar-refractivity contribution >= 4 is 32.9 Å². The van der Waals surface area contributed by atoms with Crippen LogP contribution in [0, 0.1) is 18.3 Å². The average molecular weight is 360 g/mol. The quantitative estimate of drug-likeness (QED) is 0.480. The third-order valence-electron chi connectivity index (χ3n) is 3.68. The number of hydrogen-bond donors (Lipinski definition) is 1. The molecule has 0 saturated carbocycles. The molecule has 25 heavy (non-hydrogen) atoms. The second kappa shape index (κ2) is 6.22. The first kappa shape index (κ1) is 17.0. The Morgan fingerprint density at radius 2 is 1.92 bits per heavy atom. The van der Waals surface area contributed by atoms with Crippen LogP contribution in [0.4, 0.5) is 13.2 Å². The zero-order valence-electron chi connectivity index (χ0n) is 12.9. The van der Waals surface area contributed by atoms with Gasteiger partial charge in [0.25, 0.3) is 0 Å². The van der Waals surface area contributed by atoms with E-state index in [1.165, 1.54) is 6.07 Å². The number of alkyl halides is 3. The maximum atomic E-state index is 12.8. The van der Waals surface area contributed by atoms with E-state index >= 15 is 0 Å². The van der Waals surface area contributed by atoms with Gasteiger partial charge in [-0.1, -0.05) is 24.3 Å². The first-order valence-electron chi connectivity index (χ1n) is 7.19. The summed E-state index contributed by atoms with van der Waals surface area (Å²) in [6.07, 6.45) is -4.46. The number of benzene rings is 2. The fourth-order valence-electron chi connectivity index (χ4n) is 2.39. The molecule has 2 aromatic carbocycles. The molecular weight excluding hydrogens is 349 g/mol. The summed E-state index contributed by atoms with van der Waals surface area (Å²) in [6, 6.07) is 12.1. The summed E-state index contributed by atoms with van der Waals surface area (Å²) >= 11 is 1.06. The van der Waals surface area contributed by atoms with Gasteiger partial charge in [-0.3, -0.25) is 0 Å². The number of halogens is 3. The molecule has 0 aliphatic heterocycles. The Bertz CT molecular complexity index is 1030. The van der Waals surface area contributed by atoms with E-state index in [0.717, 1.165) is 29.0 Å². The first-order chi connectivity index (χ1) is 11.8. The summed E-state index contributed by atoms with van der Waals surface area (Å²) in [5, 5.41) is 20.1. The number of hydrogen-bond acceptors (Lipinski definition) is 4. The third kappa shape index (κ3) is 3.21. The normalized spacial score (nSPS) is 12.8. The predicted molar refractivity (Wildman–Crippen MR) is 90.9 cm³/mol. The Balaban J connectivity index is 2.15. The van der Waals surface area contributed by atoms with Gasteiger partial charge in [-0.15, -0.1) is 11.3 Å². The van der Waals surface area contributed by atoms with Crippen molar-refractivity contribution < 1.29 is 18.3 Å². The molecule has 1 heterocycles. The van der Waals surface area contributed by atoms with Crippen LogP contribution in [0.25, 0.3) is 21.5 Å². The van der Waals surface area contributed by atoms with Gasteiger partial charge in [0.2, 0.25) is 0 Å².